The molecule has 1 heterocycles. The summed E-state index contributed by atoms with van der Waals surface area (Å²) in [7, 11) is 1.56. The standard InChI is InChI=1S/C15H19ClN2O2/c1-10(2)18-7-6-12(17-18)9-14(19)13-5-4-11(16)8-15(13)20-3/h4-8,10,14,19H,9H2,1-3H3. The Kier molecular flexibility index (Phi) is 4.68. The fraction of sp³-hybridized carbons (Fsp3) is 0.400. The number of rotatable bonds is 5. The molecule has 108 valence electrons. The van der Waals surface area contributed by atoms with Crippen LogP contribution in [0.2, 0.25) is 5.02 Å². The lowest BCUT2D eigenvalue weighted by Crippen LogP contribution is -2.06. The van der Waals surface area contributed by atoms with E-state index < -0.39 is 6.10 Å². The average Bonchev–Trinajstić information content (AvgIpc) is 2.87. The predicted molar refractivity (Wildman–Crippen MR) is 79.3 cm³/mol. The zero-order valence-electron chi connectivity index (χ0n) is 11.9. The Labute approximate surface area is 123 Å². The minimum atomic E-state index is -0.669. The van der Waals surface area contributed by atoms with Gasteiger partial charge in [-0.15, -0.1) is 0 Å². The fourth-order valence-corrected chi connectivity index (χ4v) is 2.20. The quantitative estimate of drug-likeness (QED) is 0.919. The molecule has 0 radical (unpaired) electrons. The Morgan fingerprint density at radius 2 is 2.10 bits per heavy atom. The van der Waals surface area contributed by atoms with Crippen molar-refractivity contribution in [3.63, 3.8) is 0 Å². The molecule has 0 aliphatic rings. The number of aliphatic hydroxyl groups is 1. The second-order valence-electron chi connectivity index (χ2n) is 4.99. The van der Waals surface area contributed by atoms with E-state index >= 15 is 0 Å². The van der Waals surface area contributed by atoms with Crippen LogP contribution in [-0.2, 0) is 6.42 Å². The number of benzene rings is 1. The number of nitrogens with zero attached hydrogens (tertiary/aromatic N) is 2. The zero-order valence-corrected chi connectivity index (χ0v) is 12.6. The summed E-state index contributed by atoms with van der Waals surface area (Å²) in [4.78, 5) is 0. The minimum Gasteiger partial charge on any atom is -0.496 e. The van der Waals surface area contributed by atoms with E-state index in [-0.39, 0.29) is 0 Å². The first kappa shape index (κ1) is 14.9. The molecule has 1 N–H and O–H groups in total. The van der Waals surface area contributed by atoms with Gasteiger partial charge < -0.3 is 9.84 Å². The van der Waals surface area contributed by atoms with E-state index in [0.29, 0.717) is 23.2 Å². The van der Waals surface area contributed by atoms with E-state index in [4.69, 9.17) is 16.3 Å². The summed E-state index contributed by atoms with van der Waals surface area (Å²) < 4.78 is 7.13. The van der Waals surface area contributed by atoms with Gasteiger partial charge in [0.2, 0.25) is 0 Å². The number of aliphatic hydroxyl groups excluding tert-OH is 1. The van der Waals surface area contributed by atoms with Crippen molar-refractivity contribution in [2.45, 2.75) is 32.4 Å². The van der Waals surface area contributed by atoms with Gasteiger partial charge in [-0.25, -0.2) is 0 Å². The predicted octanol–water partition coefficient (Wildman–Crippen LogP) is 3.40. The Balaban J connectivity index is 2.16. The summed E-state index contributed by atoms with van der Waals surface area (Å²) in [5, 5.41) is 15.4. The maximum absolute atomic E-state index is 10.4. The summed E-state index contributed by atoms with van der Waals surface area (Å²) in [5.41, 5.74) is 1.57. The van der Waals surface area contributed by atoms with Crippen LogP contribution in [0.4, 0.5) is 0 Å². The molecule has 0 bridgehead atoms. The molecule has 0 aliphatic carbocycles. The molecule has 2 rings (SSSR count). The van der Waals surface area contributed by atoms with Gasteiger partial charge in [-0.2, -0.15) is 5.10 Å². The lowest BCUT2D eigenvalue weighted by Gasteiger charge is -2.14. The molecular formula is C15H19ClN2O2. The van der Waals surface area contributed by atoms with Gasteiger partial charge in [0.25, 0.3) is 0 Å². The lowest BCUT2D eigenvalue weighted by molar-refractivity contribution is 0.172. The van der Waals surface area contributed by atoms with Crippen LogP contribution in [0.5, 0.6) is 5.75 Å². The lowest BCUT2D eigenvalue weighted by atomic mass is 10.0. The van der Waals surface area contributed by atoms with Gasteiger partial charge >= 0.3 is 0 Å². The molecular weight excluding hydrogens is 276 g/mol. The maximum atomic E-state index is 10.4. The van der Waals surface area contributed by atoms with Gasteiger partial charge in [0.1, 0.15) is 5.75 Å². The van der Waals surface area contributed by atoms with Gasteiger partial charge in [-0.05, 0) is 32.0 Å². The highest BCUT2D eigenvalue weighted by Gasteiger charge is 2.16. The van der Waals surface area contributed by atoms with E-state index in [0.717, 1.165) is 11.3 Å². The molecule has 0 aliphatic heterocycles. The Morgan fingerprint density at radius 1 is 1.35 bits per heavy atom. The maximum Gasteiger partial charge on any atom is 0.126 e. The summed E-state index contributed by atoms with van der Waals surface area (Å²) in [6.07, 6.45) is 1.70. The van der Waals surface area contributed by atoms with Crippen LogP contribution in [0.25, 0.3) is 0 Å². The second kappa shape index (κ2) is 6.29. The van der Waals surface area contributed by atoms with E-state index in [9.17, 15) is 5.11 Å². The van der Waals surface area contributed by atoms with Gasteiger partial charge in [-0.3, -0.25) is 4.68 Å². The van der Waals surface area contributed by atoms with Gasteiger partial charge in [0, 0.05) is 29.2 Å². The SMILES string of the molecule is COc1cc(Cl)ccc1C(O)Cc1ccn(C(C)C)n1. The van der Waals surface area contributed by atoms with Crippen molar-refractivity contribution in [1.82, 2.24) is 9.78 Å². The third-order valence-corrected chi connectivity index (χ3v) is 3.38. The van der Waals surface area contributed by atoms with Crippen molar-refractivity contribution < 1.29 is 9.84 Å². The highest BCUT2D eigenvalue weighted by atomic mass is 35.5. The largest absolute Gasteiger partial charge is 0.496 e. The Hall–Kier alpha value is -1.52. The molecule has 0 spiro atoms. The van der Waals surface area contributed by atoms with Crippen LogP contribution >= 0.6 is 11.6 Å². The molecule has 20 heavy (non-hydrogen) atoms. The smallest absolute Gasteiger partial charge is 0.126 e. The summed E-state index contributed by atoms with van der Waals surface area (Å²) >= 11 is 5.92. The van der Waals surface area contributed by atoms with Gasteiger partial charge in [0.15, 0.2) is 0 Å². The number of halogens is 1. The van der Waals surface area contributed by atoms with Crippen LogP contribution in [0.1, 0.15) is 37.3 Å². The number of hydrogen-bond acceptors (Lipinski definition) is 3. The van der Waals surface area contributed by atoms with Crippen LogP contribution in [0.15, 0.2) is 30.5 Å². The van der Waals surface area contributed by atoms with Gasteiger partial charge in [-0.1, -0.05) is 17.7 Å². The molecule has 0 amide bonds. The summed E-state index contributed by atoms with van der Waals surface area (Å²) in [6.45, 7) is 4.13. The van der Waals surface area contributed by atoms with E-state index in [2.05, 4.69) is 18.9 Å². The molecule has 2 aromatic rings. The van der Waals surface area contributed by atoms with Crippen molar-refractivity contribution in [1.29, 1.82) is 0 Å². The first-order valence-corrected chi connectivity index (χ1v) is 6.94. The third kappa shape index (κ3) is 3.32. The van der Waals surface area contributed by atoms with Gasteiger partial charge in [0.05, 0.1) is 18.9 Å². The molecule has 0 saturated heterocycles. The molecule has 0 saturated carbocycles. The highest BCUT2D eigenvalue weighted by Crippen LogP contribution is 2.30. The van der Waals surface area contributed by atoms with Crippen molar-refractivity contribution in [3.05, 3.63) is 46.7 Å². The first-order chi connectivity index (χ1) is 9.51. The summed E-state index contributed by atoms with van der Waals surface area (Å²) in [5.74, 6) is 0.591. The Morgan fingerprint density at radius 3 is 2.70 bits per heavy atom. The van der Waals surface area contributed by atoms with Crippen molar-refractivity contribution >= 4 is 11.6 Å². The van der Waals surface area contributed by atoms with Crippen molar-refractivity contribution in [2.75, 3.05) is 7.11 Å². The molecule has 1 aromatic carbocycles. The van der Waals surface area contributed by atoms with Crippen molar-refractivity contribution in [3.8, 4) is 5.75 Å². The second-order valence-corrected chi connectivity index (χ2v) is 5.42. The van der Waals surface area contributed by atoms with Crippen LogP contribution < -0.4 is 4.74 Å². The van der Waals surface area contributed by atoms with Crippen LogP contribution in [-0.4, -0.2) is 22.0 Å². The normalized spacial score (nSPS) is 12.7. The van der Waals surface area contributed by atoms with Crippen LogP contribution in [0, 0.1) is 0 Å². The highest BCUT2D eigenvalue weighted by molar-refractivity contribution is 6.30. The molecule has 4 nitrogen and oxygen atoms in total. The first-order valence-electron chi connectivity index (χ1n) is 6.56. The minimum absolute atomic E-state index is 0.311. The monoisotopic (exact) mass is 294 g/mol. The zero-order chi connectivity index (χ0) is 14.7. The fourth-order valence-electron chi connectivity index (χ4n) is 2.04. The number of hydrogen-bond donors (Lipinski definition) is 1. The molecule has 1 aromatic heterocycles. The van der Waals surface area contributed by atoms with E-state index in [1.807, 2.05) is 16.9 Å². The number of methoxy groups -OCH3 is 1. The molecule has 1 atom stereocenters. The van der Waals surface area contributed by atoms with E-state index in [1.165, 1.54) is 0 Å². The average molecular weight is 295 g/mol. The molecule has 5 heteroatoms. The number of aromatic nitrogens is 2. The van der Waals surface area contributed by atoms with E-state index in [1.54, 1.807) is 25.3 Å². The topological polar surface area (TPSA) is 47.3 Å². The summed E-state index contributed by atoms with van der Waals surface area (Å²) in [6, 6.07) is 7.46. The van der Waals surface area contributed by atoms with Crippen LogP contribution in [0.3, 0.4) is 0 Å². The number of ether oxygens (including phenoxy) is 1. The third-order valence-electron chi connectivity index (χ3n) is 3.15. The van der Waals surface area contributed by atoms with Crippen molar-refractivity contribution in [2.24, 2.45) is 0 Å². The molecule has 0 fully saturated rings. The Bertz CT molecular complexity index is 581. The molecule has 1 unspecified atom stereocenters.